The molecular formula is C14H20N2O2. The highest BCUT2D eigenvalue weighted by molar-refractivity contribution is 5.94. The predicted octanol–water partition coefficient (Wildman–Crippen LogP) is 1.47. The van der Waals surface area contributed by atoms with Crippen LogP contribution in [0.4, 0.5) is 0 Å². The van der Waals surface area contributed by atoms with E-state index >= 15 is 0 Å². The van der Waals surface area contributed by atoms with Crippen LogP contribution in [0.15, 0.2) is 24.3 Å². The van der Waals surface area contributed by atoms with Crippen molar-refractivity contribution in [1.29, 1.82) is 0 Å². The maximum Gasteiger partial charge on any atom is 0.253 e. The molecule has 0 spiro atoms. The fourth-order valence-electron chi connectivity index (χ4n) is 2.05. The quantitative estimate of drug-likeness (QED) is 0.812. The van der Waals surface area contributed by atoms with Crippen LogP contribution < -0.4 is 4.74 Å². The van der Waals surface area contributed by atoms with Crippen molar-refractivity contribution in [3.63, 3.8) is 0 Å². The maximum atomic E-state index is 12.2. The van der Waals surface area contributed by atoms with E-state index in [-0.39, 0.29) is 5.91 Å². The first kappa shape index (κ1) is 12.9. The maximum absolute atomic E-state index is 12.2. The normalized spacial score (nSPS) is 16.7. The number of ether oxygens (including phenoxy) is 1. The predicted molar refractivity (Wildman–Crippen MR) is 71.0 cm³/mol. The highest BCUT2D eigenvalue weighted by Gasteiger charge is 2.20. The van der Waals surface area contributed by atoms with Crippen LogP contribution in [0.5, 0.6) is 5.75 Å². The molecule has 98 valence electrons. The smallest absolute Gasteiger partial charge is 0.253 e. The van der Waals surface area contributed by atoms with Crippen LogP contribution in [0.3, 0.4) is 0 Å². The van der Waals surface area contributed by atoms with Crippen molar-refractivity contribution >= 4 is 5.91 Å². The number of hydrogen-bond donors (Lipinski definition) is 0. The van der Waals surface area contributed by atoms with E-state index in [2.05, 4.69) is 11.9 Å². The van der Waals surface area contributed by atoms with E-state index in [0.29, 0.717) is 6.61 Å². The lowest BCUT2D eigenvalue weighted by Crippen LogP contribution is -2.47. The van der Waals surface area contributed by atoms with Crippen molar-refractivity contribution in [1.82, 2.24) is 9.80 Å². The summed E-state index contributed by atoms with van der Waals surface area (Å²) >= 11 is 0. The van der Waals surface area contributed by atoms with Crippen molar-refractivity contribution in [3.05, 3.63) is 29.8 Å². The first-order valence-corrected chi connectivity index (χ1v) is 6.41. The Kier molecular flexibility index (Phi) is 4.20. The molecule has 0 atom stereocenters. The van der Waals surface area contributed by atoms with Gasteiger partial charge in [-0.2, -0.15) is 0 Å². The van der Waals surface area contributed by atoms with Gasteiger partial charge in [0.15, 0.2) is 0 Å². The summed E-state index contributed by atoms with van der Waals surface area (Å²) in [6.07, 6.45) is 0. The second kappa shape index (κ2) is 5.87. The second-order valence-corrected chi connectivity index (χ2v) is 4.55. The third kappa shape index (κ3) is 3.01. The van der Waals surface area contributed by atoms with Gasteiger partial charge in [0.05, 0.1) is 6.61 Å². The van der Waals surface area contributed by atoms with Crippen LogP contribution in [0.25, 0.3) is 0 Å². The molecule has 0 bridgehead atoms. The van der Waals surface area contributed by atoms with Crippen LogP contribution in [-0.2, 0) is 0 Å². The molecule has 0 N–H and O–H groups in total. The van der Waals surface area contributed by atoms with E-state index in [4.69, 9.17) is 4.74 Å². The van der Waals surface area contributed by atoms with E-state index in [1.54, 1.807) is 0 Å². The van der Waals surface area contributed by atoms with Crippen molar-refractivity contribution in [2.75, 3.05) is 39.8 Å². The number of carbonyl (C=O) groups excluding carboxylic acids is 1. The molecule has 4 heteroatoms. The van der Waals surface area contributed by atoms with Crippen LogP contribution in [-0.4, -0.2) is 55.5 Å². The average Bonchev–Trinajstić information content (AvgIpc) is 2.40. The Morgan fingerprint density at radius 3 is 2.33 bits per heavy atom. The Hall–Kier alpha value is -1.55. The second-order valence-electron chi connectivity index (χ2n) is 4.55. The molecule has 0 aliphatic carbocycles. The molecule has 0 aromatic heterocycles. The summed E-state index contributed by atoms with van der Waals surface area (Å²) in [5.41, 5.74) is 0.739. The lowest BCUT2D eigenvalue weighted by atomic mass is 10.1. The third-order valence-corrected chi connectivity index (χ3v) is 3.20. The van der Waals surface area contributed by atoms with Gasteiger partial charge >= 0.3 is 0 Å². The largest absolute Gasteiger partial charge is 0.494 e. The summed E-state index contributed by atoms with van der Waals surface area (Å²) in [6, 6.07) is 7.39. The minimum atomic E-state index is 0.117. The number of rotatable bonds is 3. The van der Waals surface area contributed by atoms with Crippen LogP contribution in [0.2, 0.25) is 0 Å². The highest BCUT2D eigenvalue weighted by Crippen LogP contribution is 2.14. The molecule has 0 unspecified atom stereocenters. The van der Waals surface area contributed by atoms with Crippen molar-refractivity contribution in [2.45, 2.75) is 6.92 Å². The molecular weight excluding hydrogens is 228 g/mol. The summed E-state index contributed by atoms with van der Waals surface area (Å²) in [6.45, 7) is 6.10. The van der Waals surface area contributed by atoms with E-state index < -0.39 is 0 Å². The SMILES string of the molecule is CCOc1ccc(C(=O)N2CCN(C)CC2)cc1. The fourth-order valence-corrected chi connectivity index (χ4v) is 2.05. The zero-order valence-electron chi connectivity index (χ0n) is 11.1. The number of nitrogens with zero attached hydrogens (tertiary/aromatic N) is 2. The van der Waals surface area contributed by atoms with Gasteiger partial charge in [-0.1, -0.05) is 0 Å². The number of amides is 1. The van der Waals surface area contributed by atoms with Gasteiger partial charge in [0.2, 0.25) is 0 Å². The molecule has 2 rings (SSSR count). The van der Waals surface area contributed by atoms with Gasteiger partial charge in [-0.3, -0.25) is 4.79 Å². The zero-order valence-corrected chi connectivity index (χ0v) is 11.1. The molecule has 4 nitrogen and oxygen atoms in total. The monoisotopic (exact) mass is 248 g/mol. The first-order valence-electron chi connectivity index (χ1n) is 6.41. The molecule has 18 heavy (non-hydrogen) atoms. The van der Waals surface area contributed by atoms with Crippen LogP contribution in [0, 0.1) is 0 Å². The van der Waals surface area contributed by atoms with E-state index in [1.165, 1.54) is 0 Å². The number of likely N-dealkylation sites (N-methyl/N-ethyl adjacent to an activating group) is 1. The van der Waals surface area contributed by atoms with Crippen molar-refractivity contribution in [3.8, 4) is 5.75 Å². The highest BCUT2D eigenvalue weighted by atomic mass is 16.5. The Morgan fingerprint density at radius 1 is 1.17 bits per heavy atom. The molecule has 1 aliphatic rings. The summed E-state index contributed by atoms with van der Waals surface area (Å²) < 4.78 is 5.37. The molecule has 1 saturated heterocycles. The van der Waals surface area contributed by atoms with Crippen LogP contribution >= 0.6 is 0 Å². The molecule has 1 heterocycles. The Bertz CT molecular complexity index is 395. The molecule has 1 amide bonds. The molecule has 1 aliphatic heterocycles. The summed E-state index contributed by atoms with van der Waals surface area (Å²) in [7, 11) is 2.08. The number of hydrogen-bond acceptors (Lipinski definition) is 3. The van der Waals surface area contributed by atoms with Crippen LogP contribution in [0.1, 0.15) is 17.3 Å². The topological polar surface area (TPSA) is 32.8 Å². The van der Waals surface area contributed by atoms with Gasteiger partial charge in [-0.05, 0) is 38.2 Å². The van der Waals surface area contributed by atoms with E-state index in [1.807, 2.05) is 36.1 Å². The van der Waals surface area contributed by atoms with Gasteiger partial charge in [0, 0.05) is 31.7 Å². The first-order chi connectivity index (χ1) is 8.70. The van der Waals surface area contributed by atoms with Crippen molar-refractivity contribution < 1.29 is 9.53 Å². The summed E-state index contributed by atoms with van der Waals surface area (Å²) in [5, 5.41) is 0. The molecule has 1 aromatic carbocycles. The minimum absolute atomic E-state index is 0.117. The third-order valence-electron chi connectivity index (χ3n) is 3.20. The molecule has 1 fully saturated rings. The fraction of sp³-hybridized carbons (Fsp3) is 0.500. The number of carbonyl (C=O) groups is 1. The van der Waals surface area contributed by atoms with Gasteiger partial charge in [0.1, 0.15) is 5.75 Å². The van der Waals surface area contributed by atoms with Gasteiger partial charge in [-0.15, -0.1) is 0 Å². The zero-order chi connectivity index (χ0) is 13.0. The minimum Gasteiger partial charge on any atom is -0.494 e. The Labute approximate surface area is 108 Å². The van der Waals surface area contributed by atoms with Gasteiger partial charge in [0.25, 0.3) is 5.91 Å². The van der Waals surface area contributed by atoms with Crippen molar-refractivity contribution in [2.24, 2.45) is 0 Å². The molecule has 0 radical (unpaired) electrons. The number of benzene rings is 1. The molecule has 0 saturated carbocycles. The van der Waals surface area contributed by atoms with E-state index in [0.717, 1.165) is 37.5 Å². The Balaban J connectivity index is 2.00. The lowest BCUT2D eigenvalue weighted by Gasteiger charge is -2.32. The summed E-state index contributed by atoms with van der Waals surface area (Å²) in [4.78, 5) is 16.4. The lowest BCUT2D eigenvalue weighted by molar-refractivity contribution is 0.0664. The van der Waals surface area contributed by atoms with Gasteiger partial charge < -0.3 is 14.5 Å². The molecule has 1 aromatic rings. The van der Waals surface area contributed by atoms with Gasteiger partial charge in [-0.25, -0.2) is 0 Å². The standard InChI is InChI=1S/C14H20N2O2/c1-3-18-13-6-4-12(5-7-13)14(17)16-10-8-15(2)9-11-16/h4-7H,3,8-11H2,1-2H3. The Morgan fingerprint density at radius 2 is 1.78 bits per heavy atom. The van der Waals surface area contributed by atoms with E-state index in [9.17, 15) is 4.79 Å². The average molecular weight is 248 g/mol. The summed E-state index contributed by atoms with van der Waals surface area (Å²) in [5.74, 6) is 0.929. The number of piperazine rings is 1.